The summed E-state index contributed by atoms with van der Waals surface area (Å²) in [5, 5.41) is 9.85. The van der Waals surface area contributed by atoms with Crippen LogP contribution in [0.25, 0.3) is 0 Å². The van der Waals surface area contributed by atoms with E-state index in [9.17, 15) is 5.11 Å². The third-order valence-corrected chi connectivity index (χ3v) is 3.86. The second-order valence-corrected chi connectivity index (χ2v) is 5.68. The van der Waals surface area contributed by atoms with E-state index < -0.39 is 0 Å². The minimum absolute atomic E-state index is 0.120. The zero-order chi connectivity index (χ0) is 12.5. The zero-order valence-electron chi connectivity index (χ0n) is 10.9. The van der Waals surface area contributed by atoms with Crippen LogP contribution in [0.5, 0.6) is 5.75 Å². The van der Waals surface area contributed by atoms with Crippen molar-refractivity contribution in [3.05, 3.63) is 29.8 Å². The Morgan fingerprint density at radius 2 is 1.94 bits per heavy atom. The first-order valence-electron chi connectivity index (χ1n) is 6.84. The highest BCUT2D eigenvalue weighted by Crippen LogP contribution is 2.33. The lowest BCUT2D eigenvalue weighted by Gasteiger charge is -2.40. The number of likely N-dealkylation sites (tertiary alicyclic amines) is 1. The number of aryl methyl sites for hydroxylation is 1. The lowest BCUT2D eigenvalue weighted by atomic mass is 10.1. The number of nitrogens with zero attached hydrogens (tertiary/aromatic N) is 1. The minimum Gasteiger partial charge on any atom is -0.488 e. The monoisotopic (exact) mass is 247 g/mol. The Kier molecular flexibility index (Phi) is 3.27. The van der Waals surface area contributed by atoms with E-state index in [1.54, 1.807) is 0 Å². The van der Waals surface area contributed by atoms with E-state index in [1.807, 2.05) is 12.1 Å². The van der Waals surface area contributed by atoms with Crippen molar-refractivity contribution in [2.24, 2.45) is 5.92 Å². The molecule has 0 spiro atoms. The Bertz CT molecular complexity index is 393. The van der Waals surface area contributed by atoms with Crippen LogP contribution < -0.4 is 4.74 Å². The first-order chi connectivity index (χ1) is 8.70. The second-order valence-electron chi connectivity index (χ2n) is 5.68. The SMILES string of the molecule is Cc1ccc(OC2CN(CC(O)C3CC3)C2)cc1. The molecule has 1 saturated heterocycles. The fraction of sp³-hybridized carbons (Fsp3) is 0.600. The molecule has 1 saturated carbocycles. The molecule has 3 rings (SSSR count). The van der Waals surface area contributed by atoms with Gasteiger partial charge in [0.25, 0.3) is 0 Å². The summed E-state index contributed by atoms with van der Waals surface area (Å²) < 4.78 is 5.87. The van der Waals surface area contributed by atoms with Gasteiger partial charge in [-0.25, -0.2) is 0 Å². The Balaban J connectivity index is 1.40. The summed E-state index contributed by atoms with van der Waals surface area (Å²) in [5.41, 5.74) is 1.25. The maximum Gasteiger partial charge on any atom is 0.124 e. The van der Waals surface area contributed by atoms with Crippen molar-refractivity contribution in [1.29, 1.82) is 0 Å². The van der Waals surface area contributed by atoms with Crippen LogP contribution >= 0.6 is 0 Å². The van der Waals surface area contributed by atoms with Gasteiger partial charge in [-0.1, -0.05) is 17.7 Å². The third kappa shape index (κ3) is 2.85. The number of benzene rings is 1. The molecule has 1 heterocycles. The average Bonchev–Trinajstić information content (AvgIpc) is 3.12. The van der Waals surface area contributed by atoms with Crippen LogP contribution in [0.3, 0.4) is 0 Å². The van der Waals surface area contributed by atoms with E-state index in [-0.39, 0.29) is 6.10 Å². The van der Waals surface area contributed by atoms with Crippen LogP contribution in [0.15, 0.2) is 24.3 Å². The predicted octanol–water partition coefficient (Wildman–Crippen LogP) is 1.83. The van der Waals surface area contributed by atoms with Gasteiger partial charge in [0.1, 0.15) is 11.9 Å². The molecule has 0 amide bonds. The number of ether oxygens (including phenoxy) is 1. The van der Waals surface area contributed by atoms with Gasteiger partial charge in [-0.05, 0) is 37.8 Å². The normalized spacial score (nSPS) is 22.6. The van der Waals surface area contributed by atoms with Gasteiger partial charge in [0.15, 0.2) is 0 Å². The molecule has 3 heteroatoms. The molecule has 3 nitrogen and oxygen atoms in total. The largest absolute Gasteiger partial charge is 0.488 e. The first kappa shape index (κ1) is 12.0. The smallest absolute Gasteiger partial charge is 0.124 e. The summed E-state index contributed by atoms with van der Waals surface area (Å²) in [7, 11) is 0. The van der Waals surface area contributed by atoms with E-state index in [1.165, 1.54) is 18.4 Å². The molecule has 1 unspecified atom stereocenters. The summed E-state index contributed by atoms with van der Waals surface area (Å²) in [4.78, 5) is 2.28. The Labute approximate surface area is 108 Å². The molecule has 1 aliphatic carbocycles. The van der Waals surface area contributed by atoms with E-state index in [2.05, 4.69) is 24.0 Å². The van der Waals surface area contributed by atoms with Gasteiger partial charge in [0, 0.05) is 19.6 Å². The molecule has 0 bridgehead atoms. The van der Waals surface area contributed by atoms with Gasteiger partial charge in [0.2, 0.25) is 0 Å². The molecule has 98 valence electrons. The van der Waals surface area contributed by atoms with Gasteiger partial charge in [0.05, 0.1) is 6.10 Å². The molecule has 0 radical (unpaired) electrons. The van der Waals surface area contributed by atoms with Crippen molar-refractivity contribution >= 4 is 0 Å². The molecule has 1 atom stereocenters. The van der Waals surface area contributed by atoms with Crippen LogP contribution in [0, 0.1) is 12.8 Å². The maximum atomic E-state index is 9.85. The fourth-order valence-electron chi connectivity index (χ4n) is 2.45. The number of hydrogen-bond acceptors (Lipinski definition) is 3. The predicted molar refractivity (Wildman–Crippen MR) is 70.8 cm³/mol. The van der Waals surface area contributed by atoms with Gasteiger partial charge in [-0.15, -0.1) is 0 Å². The van der Waals surface area contributed by atoms with Crippen LogP contribution in [0.2, 0.25) is 0 Å². The molecular formula is C15H21NO2. The number of aliphatic hydroxyl groups is 1. The van der Waals surface area contributed by atoms with Crippen LogP contribution in [-0.4, -0.2) is 41.8 Å². The van der Waals surface area contributed by atoms with E-state index in [4.69, 9.17) is 4.74 Å². The fourth-order valence-corrected chi connectivity index (χ4v) is 2.45. The second kappa shape index (κ2) is 4.90. The van der Waals surface area contributed by atoms with Crippen LogP contribution in [0.4, 0.5) is 0 Å². The van der Waals surface area contributed by atoms with Crippen LogP contribution in [0.1, 0.15) is 18.4 Å². The summed E-state index contributed by atoms with van der Waals surface area (Å²) in [6.07, 6.45) is 2.58. The molecule has 2 fully saturated rings. The Morgan fingerprint density at radius 1 is 1.28 bits per heavy atom. The van der Waals surface area contributed by atoms with Crippen molar-refractivity contribution in [2.45, 2.75) is 32.0 Å². The molecular weight excluding hydrogens is 226 g/mol. The lowest BCUT2D eigenvalue weighted by molar-refractivity contribution is -0.0124. The maximum absolute atomic E-state index is 9.85. The number of β-amino-alcohol motifs (C(OH)–C–C–N with tert-alkyl or cyclic N) is 1. The highest BCUT2D eigenvalue weighted by Gasteiger charge is 2.35. The van der Waals surface area contributed by atoms with Crippen molar-refractivity contribution in [3.8, 4) is 5.75 Å². The molecule has 1 aromatic rings. The Hall–Kier alpha value is -1.06. The third-order valence-electron chi connectivity index (χ3n) is 3.86. The number of rotatable bonds is 5. The van der Waals surface area contributed by atoms with Gasteiger partial charge in [-0.2, -0.15) is 0 Å². The zero-order valence-corrected chi connectivity index (χ0v) is 10.9. The molecule has 0 aromatic heterocycles. The lowest BCUT2D eigenvalue weighted by Crippen LogP contribution is -2.55. The minimum atomic E-state index is -0.120. The topological polar surface area (TPSA) is 32.7 Å². The standard InChI is InChI=1S/C15H21NO2/c1-11-2-6-13(7-3-11)18-14-8-16(9-14)10-15(17)12-4-5-12/h2-3,6-7,12,14-15,17H,4-5,8-10H2,1H3. The van der Waals surface area contributed by atoms with Crippen molar-refractivity contribution < 1.29 is 9.84 Å². The van der Waals surface area contributed by atoms with Crippen molar-refractivity contribution in [1.82, 2.24) is 4.90 Å². The highest BCUT2D eigenvalue weighted by atomic mass is 16.5. The molecule has 18 heavy (non-hydrogen) atoms. The average molecular weight is 247 g/mol. The van der Waals surface area contributed by atoms with E-state index in [0.717, 1.165) is 25.4 Å². The highest BCUT2D eigenvalue weighted by molar-refractivity contribution is 5.26. The summed E-state index contributed by atoms with van der Waals surface area (Å²) in [5.74, 6) is 1.52. The van der Waals surface area contributed by atoms with Gasteiger partial charge >= 0.3 is 0 Å². The summed E-state index contributed by atoms with van der Waals surface area (Å²) in [6.45, 7) is 4.78. The van der Waals surface area contributed by atoms with E-state index in [0.29, 0.717) is 12.0 Å². The van der Waals surface area contributed by atoms with Gasteiger partial charge in [-0.3, -0.25) is 4.90 Å². The summed E-state index contributed by atoms with van der Waals surface area (Å²) >= 11 is 0. The molecule has 1 N–H and O–H groups in total. The Morgan fingerprint density at radius 3 is 2.56 bits per heavy atom. The molecule has 1 aliphatic heterocycles. The first-order valence-corrected chi connectivity index (χ1v) is 6.84. The number of hydrogen-bond donors (Lipinski definition) is 1. The van der Waals surface area contributed by atoms with E-state index >= 15 is 0 Å². The van der Waals surface area contributed by atoms with Crippen molar-refractivity contribution in [2.75, 3.05) is 19.6 Å². The van der Waals surface area contributed by atoms with Gasteiger partial charge < -0.3 is 9.84 Å². The van der Waals surface area contributed by atoms with Crippen molar-refractivity contribution in [3.63, 3.8) is 0 Å². The number of aliphatic hydroxyl groups excluding tert-OH is 1. The quantitative estimate of drug-likeness (QED) is 0.861. The summed E-state index contributed by atoms with van der Waals surface area (Å²) in [6, 6.07) is 8.19. The van der Waals surface area contributed by atoms with Crippen LogP contribution in [-0.2, 0) is 0 Å². The molecule has 2 aliphatic rings. The molecule has 1 aromatic carbocycles.